The second-order valence-corrected chi connectivity index (χ2v) is 7.20. The molecule has 2 rings (SSSR count). The minimum absolute atomic E-state index is 0.0813. The SMILES string of the molecule is CC1(C)CN(CCNc2ccc(Cl)cc2)CC(C)(C)O1. The molecule has 0 aromatic heterocycles. The third-order valence-corrected chi connectivity index (χ3v) is 3.61. The zero-order chi connectivity index (χ0) is 14.8. The number of halogens is 1. The number of anilines is 1. The fourth-order valence-electron chi connectivity index (χ4n) is 3.03. The van der Waals surface area contributed by atoms with Gasteiger partial charge in [-0.3, -0.25) is 4.90 Å². The summed E-state index contributed by atoms with van der Waals surface area (Å²) in [7, 11) is 0. The Hall–Kier alpha value is -0.770. The molecule has 0 amide bonds. The van der Waals surface area contributed by atoms with Crippen LogP contribution in [0.25, 0.3) is 0 Å². The third kappa shape index (κ3) is 4.65. The molecule has 112 valence electrons. The van der Waals surface area contributed by atoms with Crippen molar-refractivity contribution in [2.24, 2.45) is 0 Å². The molecule has 0 unspecified atom stereocenters. The summed E-state index contributed by atoms with van der Waals surface area (Å²) < 4.78 is 6.09. The first-order valence-corrected chi connectivity index (χ1v) is 7.56. The lowest BCUT2D eigenvalue weighted by Crippen LogP contribution is -2.57. The van der Waals surface area contributed by atoms with Crippen molar-refractivity contribution in [1.29, 1.82) is 0 Å². The number of hydrogen-bond donors (Lipinski definition) is 1. The summed E-state index contributed by atoms with van der Waals surface area (Å²) in [6, 6.07) is 7.83. The molecule has 0 radical (unpaired) electrons. The van der Waals surface area contributed by atoms with Crippen LogP contribution in [0.2, 0.25) is 5.02 Å². The van der Waals surface area contributed by atoms with Crippen molar-refractivity contribution in [3.8, 4) is 0 Å². The summed E-state index contributed by atoms with van der Waals surface area (Å²) in [4.78, 5) is 2.46. The van der Waals surface area contributed by atoms with E-state index in [-0.39, 0.29) is 11.2 Å². The summed E-state index contributed by atoms with van der Waals surface area (Å²) >= 11 is 5.88. The van der Waals surface area contributed by atoms with Crippen LogP contribution in [0.1, 0.15) is 27.7 Å². The molecule has 1 saturated heterocycles. The van der Waals surface area contributed by atoms with Crippen LogP contribution in [-0.4, -0.2) is 42.3 Å². The lowest BCUT2D eigenvalue weighted by atomic mass is 9.99. The molecule has 1 aromatic rings. The van der Waals surface area contributed by atoms with Gasteiger partial charge in [-0.15, -0.1) is 0 Å². The van der Waals surface area contributed by atoms with Gasteiger partial charge in [-0.2, -0.15) is 0 Å². The molecule has 1 heterocycles. The summed E-state index contributed by atoms with van der Waals surface area (Å²) in [6.07, 6.45) is 0. The van der Waals surface area contributed by atoms with Gasteiger partial charge in [0, 0.05) is 36.9 Å². The van der Waals surface area contributed by atoms with Crippen molar-refractivity contribution >= 4 is 17.3 Å². The van der Waals surface area contributed by atoms with E-state index < -0.39 is 0 Å². The highest BCUT2D eigenvalue weighted by Gasteiger charge is 2.37. The maximum absolute atomic E-state index is 6.09. The van der Waals surface area contributed by atoms with Crippen LogP contribution in [0, 0.1) is 0 Å². The first kappa shape index (κ1) is 15.6. The van der Waals surface area contributed by atoms with Crippen molar-refractivity contribution in [2.45, 2.75) is 38.9 Å². The van der Waals surface area contributed by atoms with Crippen LogP contribution >= 0.6 is 11.6 Å². The van der Waals surface area contributed by atoms with Gasteiger partial charge in [0.25, 0.3) is 0 Å². The molecular weight excluding hydrogens is 272 g/mol. The molecule has 1 aromatic carbocycles. The number of benzene rings is 1. The Morgan fingerprint density at radius 3 is 2.20 bits per heavy atom. The van der Waals surface area contributed by atoms with Gasteiger partial charge >= 0.3 is 0 Å². The number of morpholine rings is 1. The van der Waals surface area contributed by atoms with E-state index in [9.17, 15) is 0 Å². The standard InChI is InChI=1S/C16H25ClN2O/c1-15(2)11-19(12-16(3,4)20-15)10-9-18-14-7-5-13(17)6-8-14/h5-8,18H,9-12H2,1-4H3. The van der Waals surface area contributed by atoms with Crippen molar-refractivity contribution in [3.63, 3.8) is 0 Å². The van der Waals surface area contributed by atoms with Crippen LogP contribution in [0.5, 0.6) is 0 Å². The lowest BCUT2D eigenvalue weighted by molar-refractivity contribution is -0.179. The summed E-state index contributed by atoms with van der Waals surface area (Å²) in [5.41, 5.74) is 0.950. The molecule has 4 heteroatoms. The molecule has 0 spiro atoms. The van der Waals surface area contributed by atoms with Crippen molar-refractivity contribution in [3.05, 3.63) is 29.3 Å². The van der Waals surface area contributed by atoms with E-state index in [1.165, 1.54) is 0 Å². The average Bonchev–Trinajstić information content (AvgIpc) is 2.27. The Kier molecular flexibility index (Phi) is 4.62. The fraction of sp³-hybridized carbons (Fsp3) is 0.625. The Morgan fingerprint density at radius 2 is 1.65 bits per heavy atom. The molecule has 1 fully saturated rings. The van der Waals surface area contributed by atoms with E-state index in [1.54, 1.807) is 0 Å². The highest BCUT2D eigenvalue weighted by atomic mass is 35.5. The number of rotatable bonds is 4. The minimum Gasteiger partial charge on any atom is -0.384 e. The van der Waals surface area contributed by atoms with Crippen LogP contribution in [0.3, 0.4) is 0 Å². The molecular formula is C16H25ClN2O. The minimum atomic E-state index is -0.0813. The Labute approximate surface area is 127 Å². The molecule has 20 heavy (non-hydrogen) atoms. The number of ether oxygens (including phenoxy) is 1. The molecule has 0 bridgehead atoms. The summed E-state index contributed by atoms with van der Waals surface area (Å²) in [5.74, 6) is 0. The predicted molar refractivity (Wildman–Crippen MR) is 85.6 cm³/mol. The van der Waals surface area contributed by atoms with Gasteiger partial charge in [0.05, 0.1) is 11.2 Å². The molecule has 0 atom stereocenters. The highest BCUT2D eigenvalue weighted by Crippen LogP contribution is 2.27. The van der Waals surface area contributed by atoms with Crippen LogP contribution in [-0.2, 0) is 4.74 Å². The quantitative estimate of drug-likeness (QED) is 0.918. The maximum atomic E-state index is 6.09. The molecule has 0 saturated carbocycles. The smallest absolute Gasteiger partial charge is 0.0760 e. The van der Waals surface area contributed by atoms with Crippen LogP contribution in [0.4, 0.5) is 5.69 Å². The topological polar surface area (TPSA) is 24.5 Å². The van der Waals surface area contributed by atoms with Gasteiger partial charge in [-0.05, 0) is 52.0 Å². The van der Waals surface area contributed by atoms with E-state index in [4.69, 9.17) is 16.3 Å². The van der Waals surface area contributed by atoms with Crippen LogP contribution < -0.4 is 5.32 Å². The number of hydrogen-bond acceptors (Lipinski definition) is 3. The molecule has 0 aliphatic carbocycles. The van der Waals surface area contributed by atoms with Gasteiger partial charge in [-0.25, -0.2) is 0 Å². The Balaban J connectivity index is 1.83. The fourth-order valence-corrected chi connectivity index (χ4v) is 3.16. The number of nitrogens with one attached hydrogen (secondary N) is 1. The van der Waals surface area contributed by atoms with E-state index in [1.807, 2.05) is 24.3 Å². The van der Waals surface area contributed by atoms with Crippen molar-refractivity contribution in [1.82, 2.24) is 4.90 Å². The zero-order valence-electron chi connectivity index (χ0n) is 12.9. The van der Waals surface area contributed by atoms with Crippen molar-refractivity contribution in [2.75, 3.05) is 31.5 Å². The first-order chi connectivity index (χ1) is 9.26. The molecule has 3 nitrogen and oxygen atoms in total. The third-order valence-electron chi connectivity index (χ3n) is 3.36. The van der Waals surface area contributed by atoms with Gasteiger partial charge < -0.3 is 10.1 Å². The average molecular weight is 297 g/mol. The summed E-state index contributed by atoms with van der Waals surface area (Å²) in [6.45, 7) is 12.5. The van der Waals surface area contributed by atoms with E-state index >= 15 is 0 Å². The summed E-state index contributed by atoms with van der Waals surface area (Å²) in [5, 5.41) is 4.20. The first-order valence-electron chi connectivity index (χ1n) is 7.18. The van der Waals surface area contributed by atoms with E-state index in [0.717, 1.165) is 36.9 Å². The zero-order valence-corrected chi connectivity index (χ0v) is 13.6. The van der Waals surface area contributed by atoms with Crippen molar-refractivity contribution < 1.29 is 4.74 Å². The maximum Gasteiger partial charge on any atom is 0.0760 e. The van der Waals surface area contributed by atoms with E-state index in [0.29, 0.717) is 0 Å². The van der Waals surface area contributed by atoms with Crippen LogP contribution in [0.15, 0.2) is 24.3 Å². The monoisotopic (exact) mass is 296 g/mol. The molecule has 1 N–H and O–H groups in total. The van der Waals surface area contributed by atoms with Gasteiger partial charge in [0.1, 0.15) is 0 Å². The van der Waals surface area contributed by atoms with E-state index in [2.05, 4.69) is 37.9 Å². The number of nitrogens with zero attached hydrogens (tertiary/aromatic N) is 1. The predicted octanol–water partition coefficient (Wildman–Crippen LogP) is 3.64. The largest absolute Gasteiger partial charge is 0.384 e. The second kappa shape index (κ2) is 5.92. The molecule has 1 aliphatic rings. The molecule has 1 aliphatic heterocycles. The Bertz CT molecular complexity index is 426. The normalized spacial score (nSPS) is 21.6. The highest BCUT2D eigenvalue weighted by molar-refractivity contribution is 6.30. The van der Waals surface area contributed by atoms with Gasteiger partial charge in [-0.1, -0.05) is 11.6 Å². The Morgan fingerprint density at radius 1 is 1.10 bits per heavy atom. The van der Waals surface area contributed by atoms with Gasteiger partial charge in [0.2, 0.25) is 0 Å². The van der Waals surface area contributed by atoms with Gasteiger partial charge in [0.15, 0.2) is 0 Å². The second-order valence-electron chi connectivity index (χ2n) is 6.77. The lowest BCUT2D eigenvalue weighted by Gasteiger charge is -2.47.